The second-order valence-corrected chi connectivity index (χ2v) is 8.52. The van der Waals surface area contributed by atoms with Crippen LogP contribution in [0.5, 0.6) is 0 Å². The minimum Gasteiger partial charge on any atom is -0.478 e. The van der Waals surface area contributed by atoms with Crippen molar-refractivity contribution in [2.24, 2.45) is 0 Å². The lowest BCUT2D eigenvalue weighted by molar-refractivity contribution is -0.119. The Labute approximate surface area is 199 Å². The number of carboxylic acids is 1. The van der Waals surface area contributed by atoms with Crippen LogP contribution in [0.15, 0.2) is 48.5 Å². The summed E-state index contributed by atoms with van der Waals surface area (Å²) in [6.07, 6.45) is -0.780. The number of benzene rings is 2. The van der Waals surface area contributed by atoms with E-state index in [1.807, 2.05) is 48.5 Å². The van der Waals surface area contributed by atoms with E-state index in [1.54, 1.807) is 0 Å². The molecule has 1 aliphatic carbocycles. The van der Waals surface area contributed by atoms with Gasteiger partial charge in [0, 0.05) is 13.0 Å². The molecule has 1 aliphatic rings. The van der Waals surface area contributed by atoms with Crippen LogP contribution in [0, 0.1) is 6.92 Å². The maximum atomic E-state index is 12.7. The molecule has 176 valence electrons. The van der Waals surface area contributed by atoms with Crippen molar-refractivity contribution >= 4 is 34.5 Å². The number of alkyl carbamates (subject to hydrolysis) is 1. The molecule has 1 unspecified atom stereocenters. The molecule has 1 aromatic heterocycles. The molecule has 0 bridgehead atoms. The van der Waals surface area contributed by atoms with E-state index in [0.717, 1.165) is 33.8 Å². The van der Waals surface area contributed by atoms with Crippen LogP contribution in [0.2, 0.25) is 0 Å². The molecule has 0 spiro atoms. The van der Waals surface area contributed by atoms with Crippen molar-refractivity contribution in [3.63, 3.8) is 0 Å². The number of ether oxygens (including phenoxy) is 2. The summed E-state index contributed by atoms with van der Waals surface area (Å²) in [5.74, 6) is -1.96. The minimum absolute atomic E-state index is 0.0874. The number of hydrogen-bond acceptors (Lipinski definition) is 7. The lowest BCUT2D eigenvalue weighted by Crippen LogP contribution is -2.47. The Morgan fingerprint density at radius 3 is 2.29 bits per heavy atom. The highest BCUT2D eigenvalue weighted by Crippen LogP contribution is 2.44. The predicted molar refractivity (Wildman–Crippen MR) is 126 cm³/mol. The van der Waals surface area contributed by atoms with Crippen LogP contribution in [0.1, 0.15) is 33.1 Å². The van der Waals surface area contributed by atoms with Crippen molar-refractivity contribution in [1.29, 1.82) is 0 Å². The predicted octanol–water partition coefficient (Wildman–Crippen LogP) is 3.64. The monoisotopic (exact) mass is 481 g/mol. The van der Waals surface area contributed by atoms with Gasteiger partial charge in [0.2, 0.25) is 5.91 Å². The normalized spacial score (nSPS) is 13.0. The Bertz CT molecular complexity index is 1200. The first-order valence-corrected chi connectivity index (χ1v) is 11.3. The Hall–Kier alpha value is -3.76. The summed E-state index contributed by atoms with van der Waals surface area (Å²) < 4.78 is 14.5. The maximum absolute atomic E-state index is 12.7. The number of hydrogen-bond donors (Lipinski definition) is 3. The fraction of sp³-hybridized carbons (Fsp3) is 0.250. The maximum Gasteiger partial charge on any atom is 0.407 e. The molecule has 34 heavy (non-hydrogen) atoms. The highest BCUT2D eigenvalue weighted by Gasteiger charge is 2.30. The van der Waals surface area contributed by atoms with Gasteiger partial charge in [-0.15, -0.1) is 0 Å². The van der Waals surface area contributed by atoms with Gasteiger partial charge in [0.05, 0.1) is 12.3 Å². The van der Waals surface area contributed by atoms with Gasteiger partial charge >= 0.3 is 12.1 Å². The van der Waals surface area contributed by atoms with Crippen LogP contribution in [-0.4, -0.2) is 53.8 Å². The van der Waals surface area contributed by atoms with Crippen LogP contribution in [0.3, 0.4) is 0 Å². The van der Waals surface area contributed by atoms with E-state index in [9.17, 15) is 19.5 Å². The summed E-state index contributed by atoms with van der Waals surface area (Å²) >= 11 is 0.854. The fourth-order valence-corrected chi connectivity index (χ4v) is 4.83. The van der Waals surface area contributed by atoms with Crippen molar-refractivity contribution < 1.29 is 29.0 Å². The Morgan fingerprint density at radius 1 is 1.09 bits per heavy atom. The summed E-state index contributed by atoms with van der Waals surface area (Å²) in [6, 6.07) is 14.9. The zero-order valence-electron chi connectivity index (χ0n) is 18.5. The molecule has 3 aromatic rings. The SMILES string of the molecule is COCC(NC(=O)OCC1c2ccccc2-c2ccccc21)C(=O)Nc1snc(C)c1C(=O)O. The fourth-order valence-electron chi connectivity index (χ4n) is 4.04. The van der Waals surface area contributed by atoms with Gasteiger partial charge in [-0.3, -0.25) is 4.79 Å². The van der Waals surface area contributed by atoms with Crippen molar-refractivity contribution in [2.75, 3.05) is 25.6 Å². The molecule has 4 rings (SSSR count). The number of methoxy groups -OCH3 is 1. The molecular weight excluding hydrogens is 458 g/mol. The second kappa shape index (κ2) is 10.0. The Kier molecular flexibility index (Phi) is 6.90. The minimum atomic E-state index is -1.20. The van der Waals surface area contributed by atoms with E-state index in [2.05, 4.69) is 15.0 Å². The third-order valence-electron chi connectivity index (χ3n) is 5.60. The lowest BCUT2D eigenvalue weighted by atomic mass is 9.98. The van der Waals surface area contributed by atoms with Crippen molar-refractivity contribution in [1.82, 2.24) is 9.69 Å². The quantitative estimate of drug-likeness (QED) is 0.448. The molecule has 2 amide bonds. The number of nitrogens with zero attached hydrogens (tertiary/aromatic N) is 1. The van der Waals surface area contributed by atoms with Gasteiger partial charge in [-0.25, -0.2) is 9.59 Å². The number of nitrogens with one attached hydrogen (secondary N) is 2. The molecule has 0 saturated carbocycles. The molecule has 3 N–H and O–H groups in total. The summed E-state index contributed by atoms with van der Waals surface area (Å²) in [6.45, 7) is 1.51. The van der Waals surface area contributed by atoms with E-state index in [4.69, 9.17) is 9.47 Å². The number of aryl methyl sites for hydroxylation is 1. The van der Waals surface area contributed by atoms with Crippen LogP contribution in [0.25, 0.3) is 11.1 Å². The van der Waals surface area contributed by atoms with Crippen LogP contribution >= 0.6 is 11.5 Å². The number of aromatic carboxylic acids is 1. The topological polar surface area (TPSA) is 127 Å². The number of carbonyl (C=O) groups is 3. The number of anilines is 1. The smallest absolute Gasteiger partial charge is 0.407 e. The van der Waals surface area contributed by atoms with Gasteiger partial charge in [-0.1, -0.05) is 48.5 Å². The zero-order chi connectivity index (χ0) is 24.2. The highest BCUT2D eigenvalue weighted by atomic mass is 32.1. The van der Waals surface area contributed by atoms with Crippen LogP contribution < -0.4 is 10.6 Å². The van der Waals surface area contributed by atoms with Crippen LogP contribution in [-0.2, 0) is 14.3 Å². The van der Waals surface area contributed by atoms with Gasteiger partial charge in [0.15, 0.2) is 0 Å². The van der Waals surface area contributed by atoms with Gasteiger partial charge < -0.3 is 25.2 Å². The summed E-state index contributed by atoms with van der Waals surface area (Å²) in [4.78, 5) is 36.8. The number of carbonyl (C=O) groups excluding carboxylic acids is 2. The molecule has 2 aromatic carbocycles. The third-order valence-corrected chi connectivity index (χ3v) is 6.45. The van der Waals surface area contributed by atoms with Gasteiger partial charge in [0.25, 0.3) is 0 Å². The van der Waals surface area contributed by atoms with Crippen molar-refractivity contribution in [3.05, 3.63) is 70.9 Å². The molecule has 0 fully saturated rings. The summed E-state index contributed by atoms with van der Waals surface area (Å²) in [5, 5.41) is 14.5. The number of carboxylic acid groups (broad SMARTS) is 1. The molecular formula is C24H23N3O6S. The van der Waals surface area contributed by atoms with Crippen LogP contribution in [0.4, 0.5) is 9.80 Å². The van der Waals surface area contributed by atoms with E-state index in [0.29, 0.717) is 5.69 Å². The average molecular weight is 482 g/mol. The first-order valence-electron chi connectivity index (χ1n) is 10.5. The molecule has 10 heteroatoms. The number of fused-ring (bicyclic) bond motifs is 3. The van der Waals surface area contributed by atoms with Gasteiger partial charge in [-0.2, -0.15) is 4.37 Å². The number of amides is 2. The standard InChI is InChI=1S/C24H23N3O6S/c1-13-20(23(29)30)22(34-27-13)26-21(28)19(12-32-2)25-24(31)33-11-18-16-9-5-3-7-14(16)15-8-4-6-10-17(15)18/h3-10,18-19H,11-12H2,1-2H3,(H,25,31)(H,26,28)(H,29,30). The lowest BCUT2D eigenvalue weighted by Gasteiger charge is -2.19. The molecule has 0 radical (unpaired) electrons. The third kappa shape index (κ3) is 4.63. The molecule has 0 saturated heterocycles. The van der Waals surface area contributed by atoms with E-state index >= 15 is 0 Å². The number of rotatable bonds is 8. The molecule has 0 aliphatic heterocycles. The van der Waals surface area contributed by atoms with Gasteiger partial charge in [-0.05, 0) is 40.7 Å². The first kappa shape index (κ1) is 23.4. The molecule has 1 heterocycles. The first-order chi connectivity index (χ1) is 16.4. The largest absolute Gasteiger partial charge is 0.478 e. The average Bonchev–Trinajstić information content (AvgIpc) is 3.35. The Balaban J connectivity index is 1.42. The van der Waals surface area contributed by atoms with E-state index in [1.165, 1.54) is 14.0 Å². The molecule has 1 atom stereocenters. The zero-order valence-corrected chi connectivity index (χ0v) is 19.3. The van der Waals surface area contributed by atoms with E-state index in [-0.39, 0.29) is 29.7 Å². The van der Waals surface area contributed by atoms with Crippen molar-refractivity contribution in [3.8, 4) is 11.1 Å². The highest BCUT2D eigenvalue weighted by molar-refractivity contribution is 7.11. The summed E-state index contributed by atoms with van der Waals surface area (Å²) in [7, 11) is 1.39. The number of aromatic nitrogens is 1. The van der Waals surface area contributed by atoms with Gasteiger partial charge in [0.1, 0.15) is 23.2 Å². The molecule has 9 nitrogen and oxygen atoms in total. The van der Waals surface area contributed by atoms with E-state index < -0.39 is 24.0 Å². The van der Waals surface area contributed by atoms with Crippen molar-refractivity contribution in [2.45, 2.75) is 18.9 Å². The summed E-state index contributed by atoms with van der Waals surface area (Å²) in [5.41, 5.74) is 4.57. The second-order valence-electron chi connectivity index (χ2n) is 7.74. The Morgan fingerprint density at radius 2 is 1.71 bits per heavy atom.